The second-order valence-electron chi connectivity index (χ2n) is 8.40. The third-order valence-electron chi connectivity index (χ3n) is 5.99. The smallest absolute Gasteiger partial charge is 0.229 e. The third kappa shape index (κ3) is 5.62. The van der Waals surface area contributed by atoms with Crippen molar-refractivity contribution in [3.63, 3.8) is 0 Å². The Kier molecular flexibility index (Phi) is 7.62. The van der Waals surface area contributed by atoms with Crippen molar-refractivity contribution in [2.75, 3.05) is 13.7 Å². The first-order chi connectivity index (χ1) is 13.5. The molecule has 1 aliphatic heterocycles. The fourth-order valence-corrected chi connectivity index (χ4v) is 4.50. The minimum Gasteiger partial charge on any atom is -0.393 e. The monoisotopic (exact) mass is 399 g/mol. The van der Waals surface area contributed by atoms with E-state index in [1.165, 1.54) is 0 Å². The molecule has 6 unspecified atom stereocenters. The van der Waals surface area contributed by atoms with E-state index in [9.17, 15) is 14.3 Å². The van der Waals surface area contributed by atoms with E-state index in [4.69, 9.17) is 9.73 Å². The van der Waals surface area contributed by atoms with Crippen molar-refractivity contribution in [1.82, 2.24) is 21.5 Å². The first-order valence-corrected chi connectivity index (χ1v) is 10.4. The second-order valence-corrected chi connectivity index (χ2v) is 8.40. The van der Waals surface area contributed by atoms with Gasteiger partial charge in [0.1, 0.15) is 12.3 Å². The molecule has 5 N–H and O–H groups in total. The molecule has 3 aliphatic rings. The summed E-state index contributed by atoms with van der Waals surface area (Å²) in [6.07, 6.45) is 3.23. The highest BCUT2D eigenvalue weighted by Gasteiger charge is 2.40. The third-order valence-corrected chi connectivity index (χ3v) is 5.99. The number of hydrazine groups is 1. The van der Waals surface area contributed by atoms with Crippen LogP contribution in [0, 0.1) is 11.8 Å². The molecule has 0 bridgehead atoms. The Morgan fingerprint density at radius 3 is 2.86 bits per heavy atom. The molecule has 3 rings (SSSR count). The van der Waals surface area contributed by atoms with Crippen molar-refractivity contribution < 1.29 is 19.0 Å². The lowest BCUT2D eigenvalue weighted by atomic mass is 9.83. The lowest BCUT2D eigenvalue weighted by Gasteiger charge is -2.29. The molecule has 8 nitrogen and oxygen atoms in total. The number of amides is 1. The normalized spacial score (nSPS) is 37.2. The standard InChI is InChI=1S/C19H34FN5O3/c1-11(10-28-2)21-19(23-18(27)12-4-3-5-14(26)8-12)22-17-15-7-6-13(20)9-16(15)24-25-17/h11-17,24-26H,3-10H2,1-2H3,(H2,21,22,23,27)/t11-,12?,13?,14?,15?,16?,17?/m0/s1. The number of hydrogen-bond donors (Lipinski definition) is 5. The average molecular weight is 400 g/mol. The van der Waals surface area contributed by atoms with Crippen LogP contribution in [0.2, 0.25) is 0 Å². The lowest BCUT2D eigenvalue weighted by Crippen LogP contribution is -2.50. The van der Waals surface area contributed by atoms with E-state index >= 15 is 0 Å². The number of aliphatic hydroxyl groups excluding tert-OH is 1. The molecule has 0 spiro atoms. The quantitative estimate of drug-likeness (QED) is 0.342. The summed E-state index contributed by atoms with van der Waals surface area (Å²) < 4.78 is 18.8. The van der Waals surface area contributed by atoms with Crippen LogP contribution in [0.1, 0.15) is 51.9 Å². The Labute approximate surface area is 166 Å². The summed E-state index contributed by atoms with van der Waals surface area (Å²) in [7, 11) is 1.62. The molecule has 0 aromatic carbocycles. The number of carbonyl (C=O) groups is 1. The molecular weight excluding hydrogens is 365 g/mol. The number of ether oxygens (including phenoxy) is 1. The van der Waals surface area contributed by atoms with Crippen LogP contribution in [0.4, 0.5) is 4.39 Å². The van der Waals surface area contributed by atoms with Crippen LogP contribution >= 0.6 is 0 Å². The minimum atomic E-state index is -0.768. The van der Waals surface area contributed by atoms with E-state index < -0.39 is 12.3 Å². The van der Waals surface area contributed by atoms with Crippen molar-refractivity contribution in [2.45, 2.75) is 82.4 Å². The lowest BCUT2D eigenvalue weighted by molar-refractivity contribution is -0.125. The topological polar surface area (TPSA) is 107 Å². The number of guanidine groups is 1. The SMILES string of the molecule is COC[C@H](C)N/C(=N\C1NNC2CC(F)CCC21)NC(=O)C1CCCC(O)C1. The van der Waals surface area contributed by atoms with Gasteiger partial charge in [0.25, 0.3) is 0 Å². The first-order valence-electron chi connectivity index (χ1n) is 10.4. The number of nitrogens with zero attached hydrogens (tertiary/aromatic N) is 1. The fraction of sp³-hybridized carbons (Fsp3) is 0.895. The van der Waals surface area contributed by atoms with Gasteiger partial charge in [0.05, 0.1) is 12.7 Å². The molecule has 2 aliphatic carbocycles. The molecule has 0 radical (unpaired) electrons. The molecule has 1 amide bonds. The highest BCUT2D eigenvalue weighted by molar-refractivity contribution is 5.98. The van der Waals surface area contributed by atoms with Crippen molar-refractivity contribution in [2.24, 2.45) is 16.8 Å². The minimum absolute atomic E-state index is 0.0345. The van der Waals surface area contributed by atoms with Crippen molar-refractivity contribution >= 4 is 11.9 Å². The van der Waals surface area contributed by atoms with Crippen LogP contribution in [0.5, 0.6) is 0 Å². The maximum atomic E-state index is 13.7. The van der Waals surface area contributed by atoms with E-state index in [2.05, 4.69) is 21.5 Å². The van der Waals surface area contributed by atoms with Gasteiger partial charge in [0, 0.05) is 31.0 Å². The van der Waals surface area contributed by atoms with Gasteiger partial charge in [-0.2, -0.15) is 0 Å². The molecule has 1 heterocycles. The van der Waals surface area contributed by atoms with Crippen molar-refractivity contribution in [1.29, 1.82) is 0 Å². The van der Waals surface area contributed by atoms with Gasteiger partial charge in [0.15, 0.2) is 5.96 Å². The number of nitrogens with one attached hydrogen (secondary N) is 4. The molecule has 0 aromatic heterocycles. The summed E-state index contributed by atoms with van der Waals surface area (Å²) in [5.74, 6) is 0.259. The number of rotatable bonds is 5. The summed E-state index contributed by atoms with van der Waals surface area (Å²) in [5.41, 5.74) is 6.30. The van der Waals surface area contributed by atoms with Crippen LogP contribution in [0.25, 0.3) is 0 Å². The molecule has 1 saturated heterocycles. The van der Waals surface area contributed by atoms with Crippen LogP contribution in [-0.4, -0.2) is 61.2 Å². The number of alkyl halides is 1. The molecular formula is C19H34FN5O3. The Morgan fingerprint density at radius 1 is 1.29 bits per heavy atom. The number of hydrogen-bond acceptors (Lipinski definition) is 6. The molecule has 7 atom stereocenters. The van der Waals surface area contributed by atoms with Crippen LogP contribution in [0.3, 0.4) is 0 Å². The van der Waals surface area contributed by atoms with Crippen LogP contribution in [0.15, 0.2) is 4.99 Å². The molecule has 160 valence electrons. The predicted octanol–water partition coefficient (Wildman–Crippen LogP) is 0.575. The summed E-state index contributed by atoms with van der Waals surface area (Å²) in [6.45, 7) is 2.43. The van der Waals surface area contributed by atoms with Gasteiger partial charge >= 0.3 is 0 Å². The number of halogens is 1. The number of methoxy groups -OCH3 is 1. The zero-order valence-electron chi connectivity index (χ0n) is 16.8. The number of aliphatic hydroxyl groups is 1. The largest absolute Gasteiger partial charge is 0.393 e. The highest BCUT2D eigenvalue weighted by atomic mass is 19.1. The number of fused-ring (bicyclic) bond motifs is 1. The molecule has 9 heteroatoms. The molecule has 3 fully saturated rings. The maximum Gasteiger partial charge on any atom is 0.229 e. The fourth-order valence-electron chi connectivity index (χ4n) is 4.50. The van der Waals surface area contributed by atoms with Gasteiger partial charge in [-0.1, -0.05) is 6.42 Å². The zero-order chi connectivity index (χ0) is 20.1. The van der Waals surface area contributed by atoms with E-state index in [-0.39, 0.29) is 36.0 Å². The van der Waals surface area contributed by atoms with E-state index in [0.29, 0.717) is 31.8 Å². The van der Waals surface area contributed by atoms with Gasteiger partial charge in [-0.15, -0.1) is 0 Å². The summed E-state index contributed by atoms with van der Waals surface area (Å²) in [5, 5.41) is 16.0. The van der Waals surface area contributed by atoms with Gasteiger partial charge in [-0.05, 0) is 45.4 Å². The summed E-state index contributed by atoms with van der Waals surface area (Å²) in [4.78, 5) is 17.5. The van der Waals surface area contributed by atoms with Gasteiger partial charge in [-0.25, -0.2) is 14.8 Å². The Balaban J connectivity index is 1.67. The zero-order valence-corrected chi connectivity index (χ0v) is 16.8. The molecule has 28 heavy (non-hydrogen) atoms. The number of carbonyl (C=O) groups excluding carboxylic acids is 1. The van der Waals surface area contributed by atoms with Crippen molar-refractivity contribution in [3.8, 4) is 0 Å². The highest BCUT2D eigenvalue weighted by Crippen LogP contribution is 2.32. The van der Waals surface area contributed by atoms with E-state index in [0.717, 1.165) is 25.7 Å². The maximum absolute atomic E-state index is 13.7. The first kappa shape index (κ1) is 21.4. The van der Waals surface area contributed by atoms with Gasteiger partial charge in [-0.3, -0.25) is 15.5 Å². The Hall–Kier alpha value is -1.29. The van der Waals surface area contributed by atoms with Gasteiger partial charge in [0.2, 0.25) is 5.91 Å². The van der Waals surface area contributed by atoms with E-state index in [1.54, 1.807) is 7.11 Å². The molecule has 0 aromatic rings. The second kappa shape index (κ2) is 9.96. The van der Waals surface area contributed by atoms with Gasteiger partial charge < -0.3 is 15.2 Å². The van der Waals surface area contributed by atoms with Crippen LogP contribution < -0.4 is 21.5 Å². The summed E-state index contributed by atoms with van der Waals surface area (Å²) in [6, 6.07) is 0.0204. The van der Waals surface area contributed by atoms with Crippen molar-refractivity contribution in [3.05, 3.63) is 0 Å². The van der Waals surface area contributed by atoms with E-state index in [1.807, 2.05) is 6.92 Å². The molecule has 2 saturated carbocycles. The Morgan fingerprint density at radius 2 is 2.11 bits per heavy atom. The summed E-state index contributed by atoms with van der Waals surface area (Å²) >= 11 is 0. The number of aliphatic imine (C=N–C) groups is 1. The Bertz CT molecular complexity index is 564. The average Bonchev–Trinajstić information content (AvgIpc) is 3.03. The predicted molar refractivity (Wildman–Crippen MR) is 104 cm³/mol. The van der Waals surface area contributed by atoms with Crippen LogP contribution in [-0.2, 0) is 9.53 Å².